The molecule has 0 aliphatic rings. The van der Waals surface area contributed by atoms with E-state index in [9.17, 15) is 26.3 Å². The first-order valence-corrected chi connectivity index (χ1v) is 3.09. The largest absolute Gasteiger partial charge is 0.415 e. The van der Waals surface area contributed by atoms with Gasteiger partial charge < -0.3 is 5.11 Å². The van der Waals surface area contributed by atoms with Crippen molar-refractivity contribution >= 4 is 0 Å². The molecule has 1 atom stereocenters. The summed E-state index contributed by atoms with van der Waals surface area (Å²) in [6, 6.07) is 0. The van der Waals surface area contributed by atoms with E-state index in [0.717, 1.165) is 0 Å². The molecule has 0 heterocycles. The maximum Gasteiger partial charge on any atom is 0.415 e. The van der Waals surface area contributed by atoms with Crippen molar-refractivity contribution in [3.05, 3.63) is 11.6 Å². The number of hydrogen-bond acceptors (Lipinski definition) is 1. The van der Waals surface area contributed by atoms with E-state index >= 15 is 0 Å². The lowest BCUT2D eigenvalue weighted by Crippen LogP contribution is -2.24. The fourth-order valence-corrected chi connectivity index (χ4v) is 0.616. The van der Waals surface area contributed by atoms with E-state index in [2.05, 4.69) is 0 Å². The number of allylic oxidation sites excluding steroid dienone is 1. The van der Waals surface area contributed by atoms with Gasteiger partial charge in [-0.05, 0) is 6.92 Å². The molecule has 0 fully saturated rings. The van der Waals surface area contributed by atoms with Gasteiger partial charge in [-0.25, -0.2) is 0 Å². The number of halogens is 6. The van der Waals surface area contributed by atoms with E-state index in [0.29, 0.717) is 6.92 Å². The Hall–Kier alpha value is -0.720. The maximum absolute atomic E-state index is 11.8. The second kappa shape index (κ2) is 3.57. The second-order valence-corrected chi connectivity index (χ2v) is 2.32. The normalized spacial score (nSPS) is 17.4. The summed E-state index contributed by atoms with van der Waals surface area (Å²) in [5.74, 6) is 0. The third kappa shape index (κ3) is 4.76. The van der Waals surface area contributed by atoms with Crippen LogP contribution in [0.1, 0.15) is 6.92 Å². The molecule has 0 saturated carbocycles. The van der Waals surface area contributed by atoms with Crippen molar-refractivity contribution in [3.63, 3.8) is 0 Å². The topological polar surface area (TPSA) is 20.2 Å². The zero-order valence-corrected chi connectivity index (χ0v) is 6.37. The first-order valence-electron chi connectivity index (χ1n) is 3.09. The highest BCUT2D eigenvalue weighted by Crippen LogP contribution is 2.32. The summed E-state index contributed by atoms with van der Waals surface area (Å²) >= 11 is 0. The van der Waals surface area contributed by atoms with Gasteiger partial charge in [0.15, 0.2) is 0 Å². The molecular formula is C6H6F6O. The van der Waals surface area contributed by atoms with Gasteiger partial charge in [0, 0.05) is 6.08 Å². The predicted molar refractivity (Wildman–Crippen MR) is 31.9 cm³/mol. The Kier molecular flexibility index (Phi) is 3.37. The minimum Gasteiger partial charge on any atom is -0.389 e. The fourth-order valence-electron chi connectivity index (χ4n) is 0.616. The molecule has 0 aromatic rings. The van der Waals surface area contributed by atoms with E-state index < -0.39 is 30.1 Å². The Morgan fingerprint density at radius 3 is 1.62 bits per heavy atom. The van der Waals surface area contributed by atoms with Gasteiger partial charge in [0.05, 0.1) is 11.7 Å². The Morgan fingerprint density at radius 1 is 1.15 bits per heavy atom. The highest BCUT2D eigenvalue weighted by Gasteiger charge is 2.40. The van der Waals surface area contributed by atoms with Gasteiger partial charge in [-0.2, -0.15) is 26.3 Å². The minimum atomic E-state index is -5.16. The molecule has 1 N–H and O–H groups in total. The summed E-state index contributed by atoms with van der Waals surface area (Å²) < 4.78 is 69.8. The third-order valence-corrected chi connectivity index (χ3v) is 1.10. The average Bonchev–Trinajstić information content (AvgIpc) is 1.77. The first-order chi connectivity index (χ1) is 5.54. The number of aliphatic hydroxyl groups excluding tert-OH is 1. The number of alkyl halides is 6. The van der Waals surface area contributed by atoms with Crippen LogP contribution in [0.2, 0.25) is 0 Å². The highest BCUT2D eigenvalue weighted by atomic mass is 19.4. The smallest absolute Gasteiger partial charge is 0.389 e. The van der Waals surface area contributed by atoms with Crippen LogP contribution >= 0.6 is 0 Å². The van der Waals surface area contributed by atoms with Gasteiger partial charge in [0.2, 0.25) is 0 Å². The number of rotatable bonds is 1. The van der Waals surface area contributed by atoms with E-state index in [1.165, 1.54) is 0 Å². The molecule has 0 aliphatic heterocycles. The molecule has 0 saturated heterocycles. The van der Waals surface area contributed by atoms with Crippen LogP contribution < -0.4 is 0 Å². The monoisotopic (exact) mass is 208 g/mol. The summed E-state index contributed by atoms with van der Waals surface area (Å²) in [7, 11) is 0. The van der Waals surface area contributed by atoms with E-state index in [1.807, 2.05) is 0 Å². The summed E-state index contributed by atoms with van der Waals surface area (Å²) in [5.41, 5.74) is -2.00. The van der Waals surface area contributed by atoms with Gasteiger partial charge in [-0.1, -0.05) is 0 Å². The van der Waals surface area contributed by atoms with Crippen molar-refractivity contribution in [1.29, 1.82) is 0 Å². The highest BCUT2D eigenvalue weighted by molar-refractivity contribution is 5.15. The van der Waals surface area contributed by atoms with Crippen molar-refractivity contribution in [2.45, 2.75) is 25.4 Å². The quantitative estimate of drug-likeness (QED) is 0.518. The zero-order chi connectivity index (χ0) is 10.9. The third-order valence-electron chi connectivity index (χ3n) is 1.10. The molecule has 7 heteroatoms. The van der Waals surface area contributed by atoms with Gasteiger partial charge in [0.25, 0.3) is 0 Å². The Morgan fingerprint density at radius 2 is 1.54 bits per heavy atom. The summed E-state index contributed by atoms with van der Waals surface area (Å²) in [6.45, 7) is 0.616. The standard InChI is InChI=1S/C6H6F6O/c1-3(13)4(6(10,11)12)2-5(7,8)9/h2-3,13H,1H3/b4-2-. The lowest BCUT2D eigenvalue weighted by Gasteiger charge is -2.14. The van der Waals surface area contributed by atoms with Crippen molar-refractivity contribution < 1.29 is 31.4 Å². The second-order valence-electron chi connectivity index (χ2n) is 2.32. The maximum atomic E-state index is 11.8. The van der Waals surface area contributed by atoms with Crippen molar-refractivity contribution in [1.82, 2.24) is 0 Å². The minimum absolute atomic E-state index is 0.616. The van der Waals surface area contributed by atoms with Crippen LogP contribution in [0.4, 0.5) is 26.3 Å². The Bertz CT molecular complexity index is 198. The summed E-state index contributed by atoms with van der Waals surface area (Å²) in [5, 5.41) is 8.42. The molecule has 0 rings (SSSR count). The molecule has 0 amide bonds. The lowest BCUT2D eigenvalue weighted by molar-refractivity contribution is -0.117. The molecule has 0 aromatic carbocycles. The van der Waals surface area contributed by atoms with E-state index in [4.69, 9.17) is 5.11 Å². The molecule has 0 spiro atoms. The van der Waals surface area contributed by atoms with Crippen molar-refractivity contribution in [3.8, 4) is 0 Å². The molecule has 78 valence electrons. The molecular weight excluding hydrogens is 202 g/mol. The van der Waals surface area contributed by atoms with Crippen molar-refractivity contribution in [2.24, 2.45) is 0 Å². The van der Waals surface area contributed by atoms with Crippen LogP contribution in [0.25, 0.3) is 0 Å². The summed E-state index contributed by atoms with van der Waals surface area (Å²) in [6.07, 6.45) is -13.4. The van der Waals surface area contributed by atoms with Crippen LogP contribution in [0, 0.1) is 0 Å². The molecule has 13 heavy (non-hydrogen) atoms. The number of hydrogen-bond donors (Lipinski definition) is 1. The molecule has 0 aliphatic carbocycles. The Labute approximate surface area is 69.7 Å². The van der Waals surface area contributed by atoms with Crippen LogP contribution in [0.15, 0.2) is 11.6 Å². The average molecular weight is 208 g/mol. The van der Waals surface area contributed by atoms with Gasteiger partial charge >= 0.3 is 12.4 Å². The fraction of sp³-hybridized carbons (Fsp3) is 0.667. The molecule has 0 bridgehead atoms. The zero-order valence-electron chi connectivity index (χ0n) is 6.37. The van der Waals surface area contributed by atoms with E-state index in [1.54, 1.807) is 0 Å². The predicted octanol–water partition coefficient (Wildman–Crippen LogP) is 2.42. The van der Waals surface area contributed by atoms with Gasteiger partial charge in [-0.15, -0.1) is 0 Å². The van der Waals surface area contributed by atoms with Crippen LogP contribution in [0.5, 0.6) is 0 Å². The van der Waals surface area contributed by atoms with Gasteiger partial charge in [0.1, 0.15) is 0 Å². The van der Waals surface area contributed by atoms with Crippen LogP contribution in [0.3, 0.4) is 0 Å². The Balaban J connectivity index is 4.95. The molecule has 1 unspecified atom stereocenters. The first kappa shape index (κ1) is 12.3. The summed E-state index contributed by atoms with van der Waals surface area (Å²) in [4.78, 5) is 0. The molecule has 0 radical (unpaired) electrons. The SMILES string of the molecule is CC(O)/C(=C/C(F)(F)F)C(F)(F)F. The number of aliphatic hydroxyl groups is 1. The lowest BCUT2D eigenvalue weighted by atomic mass is 10.1. The molecule has 0 aromatic heterocycles. The van der Waals surface area contributed by atoms with Crippen LogP contribution in [-0.2, 0) is 0 Å². The van der Waals surface area contributed by atoms with Crippen molar-refractivity contribution in [2.75, 3.05) is 0 Å². The van der Waals surface area contributed by atoms with Gasteiger partial charge in [-0.3, -0.25) is 0 Å². The van der Waals surface area contributed by atoms with Crippen LogP contribution in [-0.4, -0.2) is 23.6 Å². The molecule has 1 nitrogen and oxygen atoms in total. The van der Waals surface area contributed by atoms with E-state index in [-0.39, 0.29) is 0 Å².